The van der Waals surface area contributed by atoms with Crippen LogP contribution in [0.2, 0.25) is 0 Å². The summed E-state index contributed by atoms with van der Waals surface area (Å²) in [6, 6.07) is 0. The second-order valence-electron chi connectivity index (χ2n) is 7.05. The molecule has 2 aliphatic carbocycles. The standard InChI is InChI=1S/C20H31N5/c21-18-19(22-13-11-16-7-3-1-4-8-16)24-15-25-20(18)23-14-12-17-9-5-2-6-10-17/h7,9,15H,1-6,8,10-14,21H2,(H2,22,23,24,25). The van der Waals surface area contributed by atoms with E-state index >= 15 is 0 Å². The van der Waals surface area contributed by atoms with Crippen LogP contribution in [0.25, 0.3) is 0 Å². The van der Waals surface area contributed by atoms with Crippen LogP contribution in [0, 0.1) is 0 Å². The molecule has 1 heterocycles. The van der Waals surface area contributed by atoms with Crippen LogP contribution in [0.3, 0.4) is 0 Å². The van der Waals surface area contributed by atoms with Crippen molar-refractivity contribution >= 4 is 17.3 Å². The van der Waals surface area contributed by atoms with Crippen LogP contribution in [0.5, 0.6) is 0 Å². The largest absolute Gasteiger partial charge is 0.393 e. The molecule has 136 valence electrons. The molecule has 0 atom stereocenters. The molecule has 25 heavy (non-hydrogen) atoms. The van der Waals surface area contributed by atoms with Gasteiger partial charge in [-0.3, -0.25) is 0 Å². The summed E-state index contributed by atoms with van der Waals surface area (Å²) in [5.74, 6) is 1.48. The van der Waals surface area contributed by atoms with Gasteiger partial charge in [0.1, 0.15) is 12.0 Å². The molecule has 1 aromatic heterocycles. The van der Waals surface area contributed by atoms with E-state index < -0.39 is 0 Å². The van der Waals surface area contributed by atoms with E-state index in [9.17, 15) is 0 Å². The zero-order valence-electron chi connectivity index (χ0n) is 15.2. The fourth-order valence-corrected chi connectivity index (χ4v) is 3.62. The lowest BCUT2D eigenvalue weighted by atomic mass is 9.97. The van der Waals surface area contributed by atoms with E-state index in [1.54, 1.807) is 17.5 Å². The Morgan fingerprint density at radius 1 is 0.800 bits per heavy atom. The van der Waals surface area contributed by atoms with Gasteiger partial charge in [-0.1, -0.05) is 23.3 Å². The Balaban J connectivity index is 1.47. The molecule has 0 spiro atoms. The SMILES string of the molecule is Nc1c(NCCC2=CCCCC2)ncnc1NCCC1=CCCCC1. The molecule has 5 nitrogen and oxygen atoms in total. The molecule has 0 saturated heterocycles. The first-order valence-corrected chi connectivity index (χ1v) is 9.77. The van der Waals surface area contributed by atoms with Crippen LogP contribution >= 0.6 is 0 Å². The van der Waals surface area contributed by atoms with Gasteiger partial charge in [0.25, 0.3) is 0 Å². The van der Waals surface area contributed by atoms with E-state index in [0.29, 0.717) is 5.69 Å². The van der Waals surface area contributed by atoms with Gasteiger partial charge in [-0.2, -0.15) is 0 Å². The quantitative estimate of drug-likeness (QED) is 0.599. The Labute approximate surface area is 151 Å². The second kappa shape index (κ2) is 9.44. The molecule has 0 fully saturated rings. The van der Waals surface area contributed by atoms with Gasteiger partial charge in [-0.05, 0) is 64.2 Å². The Kier molecular flexibility index (Phi) is 6.71. The fraction of sp³-hybridized carbons (Fsp3) is 0.600. The van der Waals surface area contributed by atoms with Gasteiger partial charge in [-0.25, -0.2) is 9.97 Å². The Morgan fingerprint density at radius 2 is 1.32 bits per heavy atom. The molecular formula is C20H31N5. The fourth-order valence-electron chi connectivity index (χ4n) is 3.62. The Morgan fingerprint density at radius 3 is 1.76 bits per heavy atom. The number of aromatic nitrogens is 2. The lowest BCUT2D eigenvalue weighted by Crippen LogP contribution is -2.12. The number of nitrogens with one attached hydrogen (secondary N) is 2. The summed E-state index contributed by atoms with van der Waals surface area (Å²) in [6.07, 6.45) is 18.8. The van der Waals surface area contributed by atoms with E-state index in [1.807, 2.05) is 0 Å². The molecule has 0 saturated carbocycles. The van der Waals surface area contributed by atoms with Gasteiger partial charge in [0.2, 0.25) is 0 Å². The van der Waals surface area contributed by atoms with Crippen molar-refractivity contribution in [1.82, 2.24) is 9.97 Å². The van der Waals surface area contributed by atoms with Gasteiger partial charge in [0, 0.05) is 13.1 Å². The van der Waals surface area contributed by atoms with E-state index in [0.717, 1.165) is 37.6 Å². The summed E-state index contributed by atoms with van der Waals surface area (Å²) < 4.78 is 0. The molecule has 0 bridgehead atoms. The Hall–Kier alpha value is -2.04. The maximum absolute atomic E-state index is 6.24. The lowest BCUT2D eigenvalue weighted by Gasteiger charge is -2.16. The average Bonchev–Trinajstić information content (AvgIpc) is 2.66. The maximum atomic E-state index is 6.24. The minimum atomic E-state index is 0.623. The number of allylic oxidation sites excluding steroid dienone is 2. The predicted molar refractivity (Wildman–Crippen MR) is 106 cm³/mol. The molecule has 0 amide bonds. The molecule has 5 heteroatoms. The maximum Gasteiger partial charge on any atom is 0.154 e. The third-order valence-corrected chi connectivity index (χ3v) is 5.13. The third-order valence-electron chi connectivity index (χ3n) is 5.13. The first-order valence-electron chi connectivity index (χ1n) is 9.77. The van der Waals surface area contributed by atoms with Crippen molar-refractivity contribution in [3.8, 4) is 0 Å². The highest BCUT2D eigenvalue weighted by molar-refractivity contribution is 5.73. The predicted octanol–water partition coefficient (Wildman–Crippen LogP) is 4.66. The van der Waals surface area contributed by atoms with Gasteiger partial charge in [-0.15, -0.1) is 0 Å². The van der Waals surface area contributed by atoms with Crippen LogP contribution < -0.4 is 16.4 Å². The third kappa shape index (κ3) is 5.48. The summed E-state index contributed by atoms with van der Waals surface area (Å²) in [5.41, 5.74) is 9.99. The highest BCUT2D eigenvalue weighted by atomic mass is 15.1. The van der Waals surface area contributed by atoms with Crippen LogP contribution in [0.4, 0.5) is 17.3 Å². The summed E-state index contributed by atoms with van der Waals surface area (Å²) in [4.78, 5) is 8.60. The number of anilines is 3. The molecule has 0 aliphatic heterocycles. The molecule has 2 aliphatic rings. The molecule has 0 unspecified atom stereocenters. The molecule has 1 aromatic rings. The zero-order valence-corrected chi connectivity index (χ0v) is 15.2. The number of rotatable bonds is 8. The van der Waals surface area contributed by atoms with Gasteiger partial charge >= 0.3 is 0 Å². The monoisotopic (exact) mass is 341 g/mol. The van der Waals surface area contributed by atoms with Crippen LogP contribution in [0.1, 0.15) is 64.2 Å². The first-order chi connectivity index (χ1) is 12.3. The highest BCUT2D eigenvalue weighted by Gasteiger charge is 2.09. The average molecular weight is 342 g/mol. The number of nitrogens with two attached hydrogens (primary N) is 1. The van der Waals surface area contributed by atoms with Gasteiger partial charge in [0.15, 0.2) is 11.6 Å². The molecular weight excluding hydrogens is 310 g/mol. The van der Waals surface area contributed by atoms with Crippen molar-refractivity contribution in [3.05, 3.63) is 29.6 Å². The smallest absolute Gasteiger partial charge is 0.154 e. The summed E-state index contributed by atoms with van der Waals surface area (Å²) in [7, 11) is 0. The minimum Gasteiger partial charge on any atom is -0.393 e. The topological polar surface area (TPSA) is 75.9 Å². The first kappa shape index (κ1) is 17.8. The van der Waals surface area contributed by atoms with Crippen molar-refractivity contribution in [2.45, 2.75) is 64.2 Å². The number of nitrogen functional groups attached to an aromatic ring is 1. The number of hydrogen-bond donors (Lipinski definition) is 3. The number of nitrogens with zero attached hydrogens (tertiary/aromatic N) is 2. The normalized spacial score (nSPS) is 17.6. The minimum absolute atomic E-state index is 0.623. The Bertz CT molecular complexity index is 570. The van der Waals surface area contributed by atoms with Crippen molar-refractivity contribution < 1.29 is 0 Å². The zero-order chi connectivity index (χ0) is 17.3. The van der Waals surface area contributed by atoms with E-state index in [1.165, 1.54) is 51.4 Å². The molecule has 3 rings (SSSR count). The number of hydrogen-bond acceptors (Lipinski definition) is 5. The van der Waals surface area contributed by atoms with E-state index in [-0.39, 0.29) is 0 Å². The summed E-state index contributed by atoms with van der Waals surface area (Å²) >= 11 is 0. The van der Waals surface area contributed by atoms with Crippen molar-refractivity contribution in [2.75, 3.05) is 29.5 Å². The van der Waals surface area contributed by atoms with Crippen molar-refractivity contribution in [2.24, 2.45) is 0 Å². The van der Waals surface area contributed by atoms with Crippen molar-refractivity contribution in [1.29, 1.82) is 0 Å². The van der Waals surface area contributed by atoms with Crippen LogP contribution in [-0.4, -0.2) is 23.1 Å². The molecule has 0 radical (unpaired) electrons. The van der Waals surface area contributed by atoms with E-state index in [4.69, 9.17) is 5.73 Å². The van der Waals surface area contributed by atoms with Crippen LogP contribution in [0.15, 0.2) is 29.6 Å². The summed E-state index contributed by atoms with van der Waals surface area (Å²) in [6.45, 7) is 1.75. The molecule has 0 aromatic carbocycles. The highest BCUT2D eigenvalue weighted by Crippen LogP contribution is 2.25. The molecule has 4 N–H and O–H groups in total. The van der Waals surface area contributed by atoms with Crippen molar-refractivity contribution in [3.63, 3.8) is 0 Å². The second-order valence-corrected chi connectivity index (χ2v) is 7.05. The van der Waals surface area contributed by atoms with Gasteiger partial charge in [0.05, 0.1) is 0 Å². The lowest BCUT2D eigenvalue weighted by molar-refractivity contribution is 0.679. The van der Waals surface area contributed by atoms with E-state index in [2.05, 4.69) is 32.8 Å². The summed E-state index contributed by atoms with van der Waals surface area (Å²) in [5, 5.41) is 6.74. The van der Waals surface area contributed by atoms with Gasteiger partial charge < -0.3 is 16.4 Å². The van der Waals surface area contributed by atoms with Crippen LogP contribution in [-0.2, 0) is 0 Å².